The Morgan fingerprint density at radius 3 is 2.56 bits per heavy atom. The summed E-state index contributed by atoms with van der Waals surface area (Å²) in [6.07, 6.45) is 5.92. The summed E-state index contributed by atoms with van der Waals surface area (Å²) in [4.78, 5) is 18.3. The van der Waals surface area contributed by atoms with Gasteiger partial charge < -0.3 is 4.90 Å². The van der Waals surface area contributed by atoms with E-state index in [9.17, 15) is 4.79 Å². The lowest BCUT2D eigenvalue weighted by Crippen LogP contribution is -2.38. The molecule has 0 unspecified atom stereocenters. The van der Waals surface area contributed by atoms with E-state index < -0.39 is 0 Å². The highest BCUT2D eigenvalue weighted by Crippen LogP contribution is 2.22. The largest absolute Gasteiger partial charge is 0.336 e. The monoisotopic (exact) mass is 250 g/mol. The fraction of sp³-hybridized carbons (Fsp3) is 0.769. The van der Waals surface area contributed by atoms with Crippen LogP contribution in [0.25, 0.3) is 0 Å². The first-order valence-corrected chi connectivity index (χ1v) is 6.79. The van der Waals surface area contributed by atoms with Crippen LogP contribution >= 0.6 is 0 Å². The molecule has 1 aromatic heterocycles. The zero-order chi connectivity index (χ0) is 13.1. The third-order valence-corrected chi connectivity index (χ3v) is 3.68. The van der Waals surface area contributed by atoms with Gasteiger partial charge in [0.1, 0.15) is 5.82 Å². The molecule has 0 aromatic carbocycles. The number of aromatic amines is 1. The summed E-state index contributed by atoms with van der Waals surface area (Å²) in [6.45, 7) is 4.05. The maximum Gasteiger partial charge on any atom is 0.293 e. The fourth-order valence-corrected chi connectivity index (χ4v) is 2.42. The molecule has 1 saturated carbocycles. The first-order chi connectivity index (χ1) is 8.59. The summed E-state index contributed by atoms with van der Waals surface area (Å²) in [7, 11) is 1.86. The van der Waals surface area contributed by atoms with Crippen LogP contribution in [0.2, 0.25) is 0 Å². The van der Waals surface area contributed by atoms with E-state index in [0.29, 0.717) is 11.9 Å². The molecule has 1 heterocycles. The molecule has 1 N–H and O–H groups in total. The highest BCUT2D eigenvalue weighted by Gasteiger charge is 2.25. The number of amides is 1. The Balaban J connectivity index is 2.04. The van der Waals surface area contributed by atoms with Crippen molar-refractivity contribution in [2.75, 3.05) is 7.05 Å². The number of nitrogens with zero attached hydrogens (tertiary/aromatic N) is 3. The van der Waals surface area contributed by atoms with Crippen molar-refractivity contribution in [2.45, 2.75) is 57.9 Å². The van der Waals surface area contributed by atoms with Crippen molar-refractivity contribution in [1.29, 1.82) is 0 Å². The summed E-state index contributed by atoms with van der Waals surface area (Å²) in [6, 6.07) is 0.354. The normalized spacial score (nSPS) is 17.1. The first-order valence-electron chi connectivity index (χ1n) is 6.79. The molecule has 0 radical (unpaired) electrons. The highest BCUT2D eigenvalue weighted by molar-refractivity contribution is 5.90. The Hall–Kier alpha value is -1.39. The molecule has 2 rings (SSSR count). The number of rotatable bonds is 3. The summed E-state index contributed by atoms with van der Waals surface area (Å²) in [5.41, 5.74) is 0. The number of carbonyl (C=O) groups is 1. The third-order valence-electron chi connectivity index (χ3n) is 3.68. The molecule has 1 aromatic rings. The van der Waals surface area contributed by atoms with Crippen molar-refractivity contribution in [3.63, 3.8) is 0 Å². The Morgan fingerprint density at radius 2 is 2.00 bits per heavy atom. The van der Waals surface area contributed by atoms with Crippen LogP contribution in [0.3, 0.4) is 0 Å². The van der Waals surface area contributed by atoms with Gasteiger partial charge in [-0.3, -0.25) is 9.89 Å². The van der Waals surface area contributed by atoms with Crippen LogP contribution in [0.1, 0.15) is 68.3 Å². The second-order valence-electron chi connectivity index (χ2n) is 5.41. The minimum absolute atomic E-state index is 0.0648. The number of carbonyl (C=O) groups excluding carboxylic acids is 1. The number of hydrogen-bond donors (Lipinski definition) is 1. The van der Waals surface area contributed by atoms with Crippen LogP contribution in [0.4, 0.5) is 0 Å². The van der Waals surface area contributed by atoms with Crippen LogP contribution < -0.4 is 0 Å². The van der Waals surface area contributed by atoms with E-state index in [2.05, 4.69) is 15.2 Å². The Kier molecular flexibility index (Phi) is 3.99. The molecule has 100 valence electrons. The highest BCUT2D eigenvalue weighted by atomic mass is 16.2. The van der Waals surface area contributed by atoms with Gasteiger partial charge in [-0.05, 0) is 12.8 Å². The van der Waals surface area contributed by atoms with Gasteiger partial charge in [-0.15, -0.1) is 5.10 Å². The van der Waals surface area contributed by atoms with Gasteiger partial charge in [-0.2, -0.15) is 0 Å². The lowest BCUT2D eigenvalue weighted by atomic mass is 9.94. The van der Waals surface area contributed by atoms with E-state index >= 15 is 0 Å². The molecule has 18 heavy (non-hydrogen) atoms. The smallest absolute Gasteiger partial charge is 0.293 e. The zero-order valence-corrected chi connectivity index (χ0v) is 11.4. The van der Waals surface area contributed by atoms with Crippen molar-refractivity contribution in [3.8, 4) is 0 Å². The van der Waals surface area contributed by atoms with Crippen LogP contribution in [0.15, 0.2) is 0 Å². The Morgan fingerprint density at radius 1 is 1.33 bits per heavy atom. The fourth-order valence-electron chi connectivity index (χ4n) is 2.42. The summed E-state index contributed by atoms with van der Waals surface area (Å²) in [5.74, 6) is 1.27. The quantitative estimate of drug-likeness (QED) is 0.895. The van der Waals surface area contributed by atoms with Gasteiger partial charge in [0.25, 0.3) is 5.91 Å². The van der Waals surface area contributed by atoms with E-state index in [1.807, 2.05) is 25.8 Å². The summed E-state index contributed by atoms with van der Waals surface area (Å²) < 4.78 is 0. The Bertz CT molecular complexity index is 407. The van der Waals surface area contributed by atoms with Crippen LogP contribution in [-0.4, -0.2) is 39.1 Å². The second-order valence-corrected chi connectivity index (χ2v) is 5.41. The molecular weight excluding hydrogens is 228 g/mol. The minimum Gasteiger partial charge on any atom is -0.336 e. The second kappa shape index (κ2) is 5.50. The van der Waals surface area contributed by atoms with Gasteiger partial charge in [-0.25, -0.2) is 4.98 Å². The maximum atomic E-state index is 12.3. The van der Waals surface area contributed by atoms with Crippen LogP contribution in [0, 0.1) is 0 Å². The molecule has 1 fully saturated rings. The van der Waals surface area contributed by atoms with Crippen molar-refractivity contribution < 1.29 is 4.79 Å². The maximum absolute atomic E-state index is 12.3. The standard InChI is InChI=1S/C13H22N4O/c1-9(2)11-14-12(16-15-11)13(18)17(3)10-7-5-4-6-8-10/h9-10H,4-8H2,1-3H3,(H,14,15,16). The van der Waals surface area contributed by atoms with Gasteiger partial charge in [0.2, 0.25) is 5.82 Å². The molecule has 0 spiro atoms. The predicted molar refractivity (Wildman–Crippen MR) is 69.4 cm³/mol. The van der Waals surface area contributed by atoms with Crippen molar-refractivity contribution in [1.82, 2.24) is 20.1 Å². The average molecular weight is 250 g/mol. The number of hydrogen-bond acceptors (Lipinski definition) is 3. The number of H-pyrrole nitrogens is 1. The van der Waals surface area contributed by atoms with Crippen molar-refractivity contribution >= 4 is 5.91 Å². The van der Waals surface area contributed by atoms with E-state index in [1.54, 1.807) is 0 Å². The predicted octanol–water partition coefficient (Wildman–Crippen LogP) is 2.33. The minimum atomic E-state index is -0.0648. The first kappa shape index (κ1) is 13.1. The molecule has 0 bridgehead atoms. The lowest BCUT2D eigenvalue weighted by molar-refractivity contribution is 0.0684. The molecular formula is C13H22N4O. The van der Waals surface area contributed by atoms with Gasteiger partial charge in [0.15, 0.2) is 0 Å². The summed E-state index contributed by atoms with van der Waals surface area (Å²) >= 11 is 0. The number of nitrogens with one attached hydrogen (secondary N) is 1. The van der Waals surface area contributed by atoms with E-state index in [4.69, 9.17) is 0 Å². The molecule has 1 aliphatic rings. The summed E-state index contributed by atoms with van der Waals surface area (Å²) in [5, 5.41) is 6.86. The molecule has 5 nitrogen and oxygen atoms in total. The van der Waals surface area contributed by atoms with Gasteiger partial charge in [0, 0.05) is 19.0 Å². The Labute approximate surface area is 108 Å². The van der Waals surface area contributed by atoms with E-state index in [0.717, 1.165) is 18.7 Å². The van der Waals surface area contributed by atoms with E-state index in [-0.39, 0.29) is 11.8 Å². The topological polar surface area (TPSA) is 61.9 Å². The molecule has 1 aliphatic carbocycles. The van der Waals surface area contributed by atoms with Gasteiger partial charge in [-0.1, -0.05) is 33.1 Å². The molecule has 5 heteroatoms. The van der Waals surface area contributed by atoms with Gasteiger partial charge in [0.05, 0.1) is 0 Å². The molecule has 0 saturated heterocycles. The molecule has 0 aliphatic heterocycles. The van der Waals surface area contributed by atoms with Gasteiger partial charge >= 0.3 is 0 Å². The zero-order valence-electron chi connectivity index (χ0n) is 11.4. The van der Waals surface area contributed by atoms with E-state index in [1.165, 1.54) is 19.3 Å². The SMILES string of the molecule is CC(C)c1nc(C(=O)N(C)C2CCCCC2)n[nH]1. The average Bonchev–Trinajstić information content (AvgIpc) is 2.88. The third kappa shape index (κ3) is 2.71. The molecule has 0 atom stereocenters. The van der Waals surface area contributed by atoms with Crippen LogP contribution in [0.5, 0.6) is 0 Å². The molecule has 1 amide bonds. The number of aromatic nitrogens is 3. The van der Waals surface area contributed by atoms with Crippen molar-refractivity contribution in [3.05, 3.63) is 11.6 Å². The van der Waals surface area contributed by atoms with Crippen LogP contribution in [-0.2, 0) is 0 Å². The lowest BCUT2D eigenvalue weighted by Gasteiger charge is -2.30. The van der Waals surface area contributed by atoms with Crippen molar-refractivity contribution in [2.24, 2.45) is 0 Å².